The third-order valence-corrected chi connectivity index (χ3v) is 5.39. The number of esters is 1. The van der Waals surface area contributed by atoms with E-state index in [1.165, 1.54) is 12.7 Å². The Balaban J connectivity index is 1.65. The van der Waals surface area contributed by atoms with Crippen molar-refractivity contribution < 1.29 is 19.1 Å². The van der Waals surface area contributed by atoms with E-state index in [9.17, 15) is 14.4 Å². The number of halogens is 1. The predicted molar refractivity (Wildman–Crippen MR) is 131 cm³/mol. The summed E-state index contributed by atoms with van der Waals surface area (Å²) in [5.74, 6) is -0.313. The van der Waals surface area contributed by atoms with Crippen LogP contribution in [0.2, 0.25) is 0 Å². The minimum atomic E-state index is -0.252. The monoisotopic (exact) mass is 502 g/mol. The van der Waals surface area contributed by atoms with Gasteiger partial charge in [0.1, 0.15) is 0 Å². The number of ether oxygens (including phenoxy) is 1. The van der Waals surface area contributed by atoms with Crippen LogP contribution in [0.4, 0.5) is 11.4 Å². The van der Waals surface area contributed by atoms with E-state index in [1.54, 1.807) is 0 Å². The quantitative estimate of drug-likeness (QED) is 0.222. The summed E-state index contributed by atoms with van der Waals surface area (Å²) < 4.78 is 4.58. The van der Waals surface area contributed by atoms with Crippen LogP contribution < -0.4 is 10.6 Å². The van der Waals surface area contributed by atoms with Crippen molar-refractivity contribution in [2.24, 2.45) is 0 Å². The molecule has 0 saturated carbocycles. The smallest absolute Gasteiger partial charge is 0.305 e. The first-order valence-electron chi connectivity index (χ1n) is 10.9. The number of alkyl halides is 1. The highest BCUT2D eigenvalue weighted by molar-refractivity contribution is 9.09. The van der Waals surface area contributed by atoms with E-state index in [1.807, 2.05) is 48.5 Å². The maximum absolute atomic E-state index is 12.2. The van der Waals surface area contributed by atoms with Crippen LogP contribution in [0, 0.1) is 0 Å². The first kappa shape index (κ1) is 25.6. The summed E-state index contributed by atoms with van der Waals surface area (Å²) >= 11 is 3.42. The summed E-state index contributed by atoms with van der Waals surface area (Å²) in [7, 11) is 1.36. The van der Waals surface area contributed by atoms with Gasteiger partial charge in [-0.05, 0) is 67.5 Å². The Morgan fingerprint density at radius 3 is 1.69 bits per heavy atom. The van der Waals surface area contributed by atoms with E-state index >= 15 is 0 Å². The van der Waals surface area contributed by atoms with Gasteiger partial charge in [0, 0.05) is 36.0 Å². The molecule has 0 aliphatic carbocycles. The molecule has 6 nitrogen and oxygen atoms in total. The van der Waals surface area contributed by atoms with Crippen LogP contribution in [0.15, 0.2) is 48.5 Å². The minimum absolute atomic E-state index is 0.00863. The standard InChI is InChI=1S/C25H31BrN2O4/c1-32-25(31)8-3-2-6-23(29)27-21-13-9-19(10-14-21)5-4-7-24(30)28-22-15-11-20(12-16-22)17-18-26/h9-16H,2-8,17-18H2,1H3,(H,27,29)(H,28,30). The van der Waals surface area contributed by atoms with E-state index in [2.05, 4.69) is 31.3 Å². The third-order valence-electron chi connectivity index (χ3n) is 4.99. The number of hydrogen-bond donors (Lipinski definition) is 2. The van der Waals surface area contributed by atoms with Crippen LogP contribution in [0.3, 0.4) is 0 Å². The molecule has 0 spiro atoms. The number of methoxy groups -OCH3 is 1. The van der Waals surface area contributed by atoms with Gasteiger partial charge in [-0.25, -0.2) is 0 Å². The van der Waals surface area contributed by atoms with Crippen molar-refractivity contribution in [1.29, 1.82) is 0 Å². The summed E-state index contributed by atoms with van der Waals surface area (Å²) in [5, 5.41) is 6.72. The Morgan fingerprint density at radius 1 is 0.719 bits per heavy atom. The fourth-order valence-corrected chi connectivity index (χ4v) is 3.63. The fraction of sp³-hybridized carbons (Fsp3) is 0.400. The zero-order chi connectivity index (χ0) is 23.2. The van der Waals surface area contributed by atoms with Crippen molar-refractivity contribution in [2.75, 3.05) is 23.1 Å². The summed E-state index contributed by atoms with van der Waals surface area (Å²) in [4.78, 5) is 35.2. The van der Waals surface area contributed by atoms with E-state index in [0.29, 0.717) is 32.1 Å². The summed E-state index contributed by atoms with van der Waals surface area (Å²) in [6, 6.07) is 15.6. The van der Waals surface area contributed by atoms with E-state index in [0.717, 1.165) is 41.5 Å². The van der Waals surface area contributed by atoms with Gasteiger partial charge in [0.25, 0.3) is 0 Å². The Bertz CT molecular complexity index is 867. The first-order valence-corrected chi connectivity index (χ1v) is 12.0. The van der Waals surface area contributed by atoms with Gasteiger partial charge in [-0.3, -0.25) is 14.4 Å². The summed E-state index contributed by atoms with van der Waals surface area (Å²) in [6.45, 7) is 0. The fourth-order valence-electron chi connectivity index (χ4n) is 3.18. The molecular weight excluding hydrogens is 472 g/mol. The number of carbonyl (C=O) groups is 3. The number of nitrogens with one attached hydrogen (secondary N) is 2. The lowest BCUT2D eigenvalue weighted by molar-refractivity contribution is -0.140. The third kappa shape index (κ3) is 10.1. The van der Waals surface area contributed by atoms with Crippen LogP contribution in [0.25, 0.3) is 0 Å². The van der Waals surface area contributed by atoms with Gasteiger partial charge < -0.3 is 15.4 Å². The Morgan fingerprint density at radius 2 is 1.19 bits per heavy atom. The van der Waals surface area contributed by atoms with Crippen molar-refractivity contribution in [1.82, 2.24) is 0 Å². The number of unbranched alkanes of at least 4 members (excludes halogenated alkanes) is 1. The van der Waals surface area contributed by atoms with Gasteiger partial charge in [-0.2, -0.15) is 0 Å². The molecule has 0 saturated heterocycles. The average molecular weight is 503 g/mol. The molecule has 0 radical (unpaired) electrons. The summed E-state index contributed by atoms with van der Waals surface area (Å²) in [5.41, 5.74) is 3.91. The zero-order valence-corrected chi connectivity index (χ0v) is 20.1. The molecule has 0 aromatic heterocycles. The van der Waals surface area contributed by atoms with Crippen LogP contribution in [0.1, 0.15) is 49.7 Å². The molecule has 2 amide bonds. The van der Waals surface area contributed by atoms with E-state index in [-0.39, 0.29) is 17.8 Å². The molecule has 2 rings (SSSR count). The second kappa shape index (κ2) is 14.4. The van der Waals surface area contributed by atoms with E-state index in [4.69, 9.17) is 0 Å². The highest BCUT2D eigenvalue weighted by Crippen LogP contribution is 2.14. The van der Waals surface area contributed by atoms with Gasteiger partial charge in [0.05, 0.1) is 7.11 Å². The lowest BCUT2D eigenvalue weighted by atomic mass is 10.1. The van der Waals surface area contributed by atoms with Crippen molar-refractivity contribution in [3.63, 3.8) is 0 Å². The maximum Gasteiger partial charge on any atom is 0.305 e. The van der Waals surface area contributed by atoms with Crippen LogP contribution in [-0.2, 0) is 32.0 Å². The molecule has 0 unspecified atom stereocenters. The lowest BCUT2D eigenvalue weighted by Gasteiger charge is -2.08. The second-order valence-electron chi connectivity index (χ2n) is 7.57. The first-order chi connectivity index (χ1) is 15.5. The van der Waals surface area contributed by atoms with Crippen LogP contribution in [-0.4, -0.2) is 30.2 Å². The molecule has 7 heteroatoms. The van der Waals surface area contributed by atoms with E-state index < -0.39 is 0 Å². The highest BCUT2D eigenvalue weighted by Gasteiger charge is 2.06. The van der Waals surface area contributed by atoms with Gasteiger partial charge in [-0.15, -0.1) is 0 Å². The molecule has 0 aliphatic heterocycles. The number of aryl methyl sites for hydroxylation is 2. The molecular formula is C25H31BrN2O4. The molecule has 0 atom stereocenters. The van der Waals surface area contributed by atoms with Gasteiger partial charge in [-0.1, -0.05) is 40.2 Å². The van der Waals surface area contributed by atoms with Crippen molar-refractivity contribution in [3.8, 4) is 0 Å². The number of rotatable bonds is 13. The van der Waals surface area contributed by atoms with Crippen molar-refractivity contribution in [2.45, 2.75) is 51.4 Å². The van der Waals surface area contributed by atoms with Crippen molar-refractivity contribution >= 4 is 45.1 Å². The van der Waals surface area contributed by atoms with Crippen LogP contribution >= 0.6 is 15.9 Å². The largest absolute Gasteiger partial charge is 0.469 e. The molecule has 2 N–H and O–H groups in total. The molecule has 2 aromatic rings. The molecule has 172 valence electrons. The average Bonchev–Trinajstić information content (AvgIpc) is 2.79. The highest BCUT2D eigenvalue weighted by atomic mass is 79.9. The number of anilines is 2. The molecule has 0 fully saturated rings. The normalized spacial score (nSPS) is 10.4. The molecule has 32 heavy (non-hydrogen) atoms. The molecule has 0 bridgehead atoms. The summed E-state index contributed by atoms with van der Waals surface area (Å²) in [6.07, 6.45) is 4.93. The number of amides is 2. The molecule has 0 heterocycles. The topological polar surface area (TPSA) is 84.5 Å². The molecule has 2 aromatic carbocycles. The predicted octanol–water partition coefficient (Wildman–Crippen LogP) is 5.26. The number of carbonyl (C=O) groups excluding carboxylic acids is 3. The van der Waals surface area contributed by atoms with Gasteiger partial charge in [0.2, 0.25) is 11.8 Å². The second-order valence-corrected chi connectivity index (χ2v) is 8.36. The van der Waals surface area contributed by atoms with Gasteiger partial charge in [0.15, 0.2) is 0 Å². The maximum atomic E-state index is 12.2. The SMILES string of the molecule is COC(=O)CCCCC(=O)Nc1ccc(CCCC(=O)Nc2ccc(CCBr)cc2)cc1. The number of hydrogen-bond acceptors (Lipinski definition) is 4. The molecule has 0 aliphatic rings. The Hall–Kier alpha value is -2.67. The number of benzene rings is 2. The Labute approximate surface area is 198 Å². The lowest BCUT2D eigenvalue weighted by Crippen LogP contribution is -2.12. The van der Waals surface area contributed by atoms with Crippen LogP contribution in [0.5, 0.6) is 0 Å². The zero-order valence-electron chi connectivity index (χ0n) is 18.5. The minimum Gasteiger partial charge on any atom is -0.469 e. The van der Waals surface area contributed by atoms with Crippen molar-refractivity contribution in [3.05, 3.63) is 59.7 Å². The van der Waals surface area contributed by atoms with Gasteiger partial charge >= 0.3 is 5.97 Å². The Kier molecular flexibility index (Phi) is 11.5.